The number of fused-ring (bicyclic) bond motifs is 1. The number of pyridine rings is 1. The summed E-state index contributed by atoms with van der Waals surface area (Å²) in [5, 5.41) is 1.28. The summed E-state index contributed by atoms with van der Waals surface area (Å²) in [6, 6.07) is 11.0. The zero-order chi connectivity index (χ0) is 14.1. The van der Waals surface area contributed by atoms with Crippen LogP contribution in [-0.4, -0.2) is 11.0 Å². The van der Waals surface area contributed by atoms with Gasteiger partial charge in [0.1, 0.15) is 0 Å². The van der Waals surface area contributed by atoms with Crippen molar-refractivity contribution in [2.24, 2.45) is 17.6 Å². The molecule has 1 aliphatic rings. The number of benzene rings is 1. The Morgan fingerprint density at radius 1 is 1.15 bits per heavy atom. The van der Waals surface area contributed by atoms with Gasteiger partial charge in [0, 0.05) is 17.6 Å². The molecule has 1 aromatic carbocycles. The van der Waals surface area contributed by atoms with Crippen molar-refractivity contribution < 1.29 is 0 Å². The van der Waals surface area contributed by atoms with Gasteiger partial charge in [-0.3, -0.25) is 4.98 Å². The topological polar surface area (TPSA) is 38.9 Å². The molecule has 20 heavy (non-hydrogen) atoms. The third-order valence-electron chi connectivity index (χ3n) is 4.97. The van der Waals surface area contributed by atoms with E-state index in [0.717, 1.165) is 23.8 Å². The number of aromatic nitrogens is 1. The van der Waals surface area contributed by atoms with Crippen molar-refractivity contribution in [2.45, 2.75) is 45.1 Å². The van der Waals surface area contributed by atoms with E-state index in [1.54, 1.807) is 0 Å². The molecule has 3 unspecified atom stereocenters. The van der Waals surface area contributed by atoms with Crippen LogP contribution in [0.5, 0.6) is 0 Å². The Hall–Kier alpha value is -1.41. The van der Waals surface area contributed by atoms with Gasteiger partial charge in [-0.25, -0.2) is 0 Å². The lowest BCUT2D eigenvalue weighted by atomic mass is 9.71. The Morgan fingerprint density at radius 3 is 2.80 bits per heavy atom. The standard InChI is InChI=1S/C18H24N2/c1-12(2)13-8-9-17(19)16(11-13)14-5-3-7-18-15(14)6-4-10-20-18/h3-7,10,12-13,16-17H,8-9,11,19H2,1-2H3. The molecule has 106 valence electrons. The SMILES string of the molecule is CC(C)C1CCC(N)C(c2cccc3ncccc23)C1. The van der Waals surface area contributed by atoms with Gasteiger partial charge in [0.25, 0.3) is 0 Å². The minimum Gasteiger partial charge on any atom is -0.327 e. The molecule has 2 nitrogen and oxygen atoms in total. The molecule has 0 spiro atoms. The highest BCUT2D eigenvalue weighted by molar-refractivity contribution is 5.82. The summed E-state index contributed by atoms with van der Waals surface area (Å²) in [7, 11) is 0. The Morgan fingerprint density at radius 2 is 2.00 bits per heavy atom. The maximum Gasteiger partial charge on any atom is 0.0704 e. The Labute approximate surface area is 121 Å². The lowest BCUT2D eigenvalue weighted by Crippen LogP contribution is -2.36. The fourth-order valence-electron chi connectivity index (χ4n) is 3.64. The van der Waals surface area contributed by atoms with Gasteiger partial charge in [-0.05, 0) is 54.7 Å². The first-order chi connectivity index (χ1) is 9.66. The van der Waals surface area contributed by atoms with Crippen LogP contribution in [0.3, 0.4) is 0 Å². The molecule has 0 radical (unpaired) electrons. The fourth-order valence-corrected chi connectivity index (χ4v) is 3.64. The van der Waals surface area contributed by atoms with E-state index in [9.17, 15) is 0 Å². The van der Waals surface area contributed by atoms with Gasteiger partial charge in [0.15, 0.2) is 0 Å². The molecule has 1 fully saturated rings. The monoisotopic (exact) mass is 268 g/mol. The molecule has 3 rings (SSSR count). The van der Waals surface area contributed by atoms with Crippen LogP contribution in [0.4, 0.5) is 0 Å². The molecule has 1 aromatic heterocycles. The average molecular weight is 268 g/mol. The lowest BCUT2D eigenvalue weighted by molar-refractivity contribution is 0.233. The minimum absolute atomic E-state index is 0.288. The number of hydrogen-bond donors (Lipinski definition) is 1. The van der Waals surface area contributed by atoms with E-state index in [1.807, 2.05) is 12.3 Å². The van der Waals surface area contributed by atoms with Crippen LogP contribution in [-0.2, 0) is 0 Å². The summed E-state index contributed by atoms with van der Waals surface area (Å²) in [4.78, 5) is 4.48. The van der Waals surface area contributed by atoms with Gasteiger partial charge in [-0.2, -0.15) is 0 Å². The van der Waals surface area contributed by atoms with E-state index in [4.69, 9.17) is 5.73 Å². The minimum atomic E-state index is 0.288. The van der Waals surface area contributed by atoms with Gasteiger partial charge in [0.2, 0.25) is 0 Å². The van der Waals surface area contributed by atoms with Crippen LogP contribution in [0.25, 0.3) is 10.9 Å². The Balaban J connectivity index is 2.00. The second-order valence-electron chi connectivity index (χ2n) is 6.50. The summed E-state index contributed by atoms with van der Waals surface area (Å²) < 4.78 is 0. The number of nitrogens with zero attached hydrogens (tertiary/aromatic N) is 1. The maximum atomic E-state index is 6.44. The van der Waals surface area contributed by atoms with Gasteiger partial charge in [-0.1, -0.05) is 32.0 Å². The van der Waals surface area contributed by atoms with Crippen LogP contribution in [0, 0.1) is 11.8 Å². The average Bonchev–Trinajstić information content (AvgIpc) is 2.47. The van der Waals surface area contributed by atoms with Gasteiger partial charge >= 0.3 is 0 Å². The molecule has 0 aliphatic heterocycles. The fraction of sp³-hybridized carbons (Fsp3) is 0.500. The molecular formula is C18H24N2. The van der Waals surface area contributed by atoms with Crippen LogP contribution in [0.15, 0.2) is 36.5 Å². The largest absolute Gasteiger partial charge is 0.327 e. The third-order valence-corrected chi connectivity index (χ3v) is 4.97. The first-order valence-corrected chi connectivity index (χ1v) is 7.76. The van der Waals surface area contributed by atoms with Crippen molar-refractivity contribution >= 4 is 10.9 Å². The van der Waals surface area contributed by atoms with Crippen molar-refractivity contribution in [1.29, 1.82) is 0 Å². The zero-order valence-corrected chi connectivity index (χ0v) is 12.4. The zero-order valence-electron chi connectivity index (χ0n) is 12.4. The first-order valence-electron chi connectivity index (χ1n) is 7.76. The lowest BCUT2D eigenvalue weighted by Gasteiger charge is -2.36. The summed E-state index contributed by atoms with van der Waals surface area (Å²) in [6.07, 6.45) is 5.50. The molecule has 3 atom stereocenters. The van der Waals surface area contributed by atoms with Crippen molar-refractivity contribution in [3.8, 4) is 0 Å². The highest BCUT2D eigenvalue weighted by Crippen LogP contribution is 2.40. The van der Waals surface area contributed by atoms with Crippen molar-refractivity contribution in [2.75, 3.05) is 0 Å². The maximum absolute atomic E-state index is 6.44. The van der Waals surface area contributed by atoms with E-state index in [1.165, 1.54) is 23.8 Å². The molecule has 1 saturated carbocycles. The van der Waals surface area contributed by atoms with E-state index in [-0.39, 0.29) is 6.04 Å². The molecule has 2 N–H and O–H groups in total. The number of hydrogen-bond acceptors (Lipinski definition) is 2. The van der Waals surface area contributed by atoms with E-state index >= 15 is 0 Å². The Kier molecular flexibility index (Phi) is 3.75. The van der Waals surface area contributed by atoms with Crippen molar-refractivity contribution in [3.05, 3.63) is 42.1 Å². The van der Waals surface area contributed by atoms with Gasteiger partial charge in [0.05, 0.1) is 5.52 Å². The highest BCUT2D eigenvalue weighted by Gasteiger charge is 2.31. The Bertz CT molecular complexity index is 585. The summed E-state index contributed by atoms with van der Waals surface area (Å²) in [5.41, 5.74) is 8.93. The van der Waals surface area contributed by atoms with E-state index in [2.05, 4.69) is 43.1 Å². The molecule has 0 saturated heterocycles. The second-order valence-corrected chi connectivity index (χ2v) is 6.50. The van der Waals surface area contributed by atoms with Crippen LogP contribution >= 0.6 is 0 Å². The van der Waals surface area contributed by atoms with E-state index in [0.29, 0.717) is 5.92 Å². The van der Waals surface area contributed by atoms with Gasteiger partial charge < -0.3 is 5.73 Å². The van der Waals surface area contributed by atoms with Gasteiger partial charge in [-0.15, -0.1) is 0 Å². The van der Waals surface area contributed by atoms with Crippen molar-refractivity contribution in [3.63, 3.8) is 0 Å². The first kappa shape index (κ1) is 13.6. The summed E-state index contributed by atoms with van der Waals surface area (Å²) >= 11 is 0. The summed E-state index contributed by atoms with van der Waals surface area (Å²) in [6.45, 7) is 4.67. The third kappa shape index (κ3) is 2.45. The second kappa shape index (κ2) is 5.53. The van der Waals surface area contributed by atoms with Crippen molar-refractivity contribution in [1.82, 2.24) is 4.98 Å². The predicted octanol–water partition coefficient (Wildman–Crippen LogP) is 4.10. The van der Waals surface area contributed by atoms with Crippen LogP contribution < -0.4 is 5.73 Å². The van der Waals surface area contributed by atoms with Crippen LogP contribution in [0.2, 0.25) is 0 Å². The molecule has 0 amide bonds. The quantitative estimate of drug-likeness (QED) is 0.890. The smallest absolute Gasteiger partial charge is 0.0704 e. The predicted molar refractivity (Wildman–Crippen MR) is 84.6 cm³/mol. The molecule has 0 bridgehead atoms. The molecule has 2 heteroatoms. The molecule has 1 aliphatic carbocycles. The molecule has 1 heterocycles. The molecule has 2 aromatic rings. The number of nitrogens with two attached hydrogens (primary N) is 1. The van der Waals surface area contributed by atoms with Crippen LogP contribution in [0.1, 0.15) is 44.6 Å². The van der Waals surface area contributed by atoms with E-state index < -0.39 is 0 Å². The normalized spacial score (nSPS) is 27.1. The summed E-state index contributed by atoms with van der Waals surface area (Å²) in [5.74, 6) is 2.02. The molecular weight excluding hydrogens is 244 g/mol. The number of rotatable bonds is 2. The highest BCUT2D eigenvalue weighted by atomic mass is 14.7.